The predicted octanol–water partition coefficient (Wildman–Crippen LogP) is 2.14. The van der Waals surface area contributed by atoms with E-state index in [-0.39, 0.29) is 17.2 Å². The van der Waals surface area contributed by atoms with E-state index in [1.807, 2.05) is 0 Å². The maximum Gasteiger partial charge on any atom is 0.425 e. The first-order valence-electron chi connectivity index (χ1n) is 6.86. The van der Waals surface area contributed by atoms with E-state index in [2.05, 4.69) is 14.8 Å². The van der Waals surface area contributed by atoms with E-state index < -0.39 is 42.0 Å². The van der Waals surface area contributed by atoms with Crippen molar-refractivity contribution in [3.05, 3.63) is 29.3 Å². The average molecular weight is 363 g/mol. The van der Waals surface area contributed by atoms with Gasteiger partial charge in [0, 0.05) is 7.05 Å². The monoisotopic (exact) mass is 363 g/mol. The number of carboxylic acid groups (broad SMARTS) is 1. The van der Waals surface area contributed by atoms with Crippen LogP contribution >= 0.6 is 0 Å². The van der Waals surface area contributed by atoms with Gasteiger partial charge in [-0.1, -0.05) is 0 Å². The van der Waals surface area contributed by atoms with Gasteiger partial charge in [0.1, 0.15) is 23.7 Å². The molecule has 1 atom stereocenters. The van der Waals surface area contributed by atoms with Crippen molar-refractivity contribution >= 4 is 5.97 Å². The first-order chi connectivity index (χ1) is 11.5. The minimum Gasteiger partial charge on any atom is -0.480 e. The highest BCUT2D eigenvalue weighted by molar-refractivity contribution is 5.91. The van der Waals surface area contributed by atoms with Crippen molar-refractivity contribution < 1.29 is 37.3 Å². The van der Waals surface area contributed by atoms with Crippen LogP contribution in [-0.4, -0.2) is 43.2 Å². The molecule has 2 N–H and O–H groups in total. The molecule has 2 rings (SSSR count). The molecule has 0 aliphatic rings. The number of aryl methyl sites for hydroxylation is 1. The summed E-state index contributed by atoms with van der Waals surface area (Å²) >= 11 is 0. The van der Waals surface area contributed by atoms with Gasteiger partial charge in [-0.15, -0.1) is 0 Å². The molecule has 1 heterocycles. The number of carbonyl (C=O) groups is 1. The summed E-state index contributed by atoms with van der Waals surface area (Å²) in [5.41, 5.74) is -1.12. The number of aliphatic hydroxyl groups excluding tert-OH is 1. The lowest BCUT2D eigenvalue weighted by Crippen LogP contribution is -2.31. The van der Waals surface area contributed by atoms with Crippen LogP contribution in [0.2, 0.25) is 0 Å². The molecule has 0 saturated carbocycles. The van der Waals surface area contributed by atoms with Gasteiger partial charge < -0.3 is 14.9 Å². The van der Waals surface area contributed by atoms with E-state index in [1.54, 1.807) is 0 Å². The van der Waals surface area contributed by atoms with E-state index in [0.717, 1.165) is 10.7 Å². The molecule has 0 saturated heterocycles. The zero-order valence-electron chi connectivity index (χ0n) is 13.0. The average Bonchev–Trinajstić information content (AvgIpc) is 2.88. The van der Waals surface area contributed by atoms with Crippen LogP contribution in [0.1, 0.15) is 23.1 Å². The van der Waals surface area contributed by atoms with Crippen molar-refractivity contribution in [1.82, 2.24) is 14.8 Å². The highest BCUT2D eigenvalue weighted by atomic mass is 19.4. The summed E-state index contributed by atoms with van der Waals surface area (Å²) in [6, 6.07) is 1.32. The van der Waals surface area contributed by atoms with E-state index in [1.165, 1.54) is 7.05 Å². The van der Waals surface area contributed by atoms with Crippen LogP contribution in [0, 0.1) is 5.82 Å². The molecule has 1 aromatic heterocycles. The van der Waals surface area contributed by atoms with Crippen LogP contribution in [0.3, 0.4) is 0 Å². The Morgan fingerprint density at radius 1 is 1.40 bits per heavy atom. The Morgan fingerprint density at radius 3 is 2.52 bits per heavy atom. The Kier molecular flexibility index (Phi) is 4.97. The first-order valence-corrected chi connectivity index (χ1v) is 6.86. The summed E-state index contributed by atoms with van der Waals surface area (Å²) in [6.45, 7) is 0.199. The fourth-order valence-electron chi connectivity index (χ4n) is 1.92. The van der Waals surface area contributed by atoms with Gasteiger partial charge in [0.25, 0.3) is 0 Å². The van der Waals surface area contributed by atoms with Crippen molar-refractivity contribution in [2.45, 2.75) is 25.8 Å². The molecular formula is C14H13F4N3O4. The topological polar surface area (TPSA) is 97.5 Å². The number of rotatable bonds is 5. The SMILES string of the molecule is C[C@H](Oc1cc(-c2nc(CO)n(C)n2)c(F)cc1C(=O)O)C(F)(F)F. The highest BCUT2D eigenvalue weighted by Gasteiger charge is 2.39. The quantitative estimate of drug-likeness (QED) is 0.790. The number of aromatic nitrogens is 3. The molecule has 0 aliphatic carbocycles. The van der Waals surface area contributed by atoms with E-state index in [4.69, 9.17) is 10.2 Å². The molecule has 0 fully saturated rings. The van der Waals surface area contributed by atoms with Gasteiger partial charge >= 0.3 is 12.1 Å². The van der Waals surface area contributed by atoms with E-state index in [0.29, 0.717) is 13.0 Å². The smallest absolute Gasteiger partial charge is 0.425 e. The number of hydrogen-bond acceptors (Lipinski definition) is 5. The lowest BCUT2D eigenvalue weighted by Gasteiger charge is -2.19. The molecule has 2 aromatic rings. The second-order valence-corrected chi connectivity index (χ2v) is 5.07. The van der Waals surface area contributed by atoms with Crippen LogP contribution in [0.15, 0.2) is 12.1 Å². The Morgan fingerprint density at radius 2 is 2.04 bits per heavy atom. The second kappa shape index (κ2) is 6.67. The Bertz CT molecular complexity index is 804. The van der Waals surface area contributed by atoms with Crippen LogP contribution in [-0.2, 0) is 13.7 Å². The molecule has 25 heavy (non-hydrogen) atoms. The summed E-state index contributed by atoms with van der Waals surface area (Å²) < 4.78 is 58.0. The molecule has 0 radical (unpaired) electrons. The molecule has 0 spiro atoms. The number of ether oxygens (including phenoxy) is 1. The minimum absolute atomic E-state index is 0.0860. The normalized spacial score (nSPS) is 12.9. The first kappa shape index (κ1) is 18.6. The van der Waals surface area contributed by atoms with Gasteiger partial charge in [-0.05, 0) is 19.1 Å². The van der Waals surface area contributed by atoms with Crippen molar-refractivity contribution in [2.24, 2.45) is 7.05 Å². The Hall–Kier alpha value is -2.69. The van der Waals surface area contributed by atoms with Crippen LogP contribution in [0.25, 0.3) is 11.4 Å². The molecule has 11 heteroatoms. The van der Waals surface area contributed by atoms with Crippen LogP contribution in [0.4, 0.5) is 17.6 Å². The lowest BCUT2D eigenvalue weighted by molar-refractivity contribution is -0.189. The zero-order chi connectivity index (χ0) is 18.9. The van der Waals surface area contributed by atoms with Crippen molar-refractivity contribution in [3.63, 3.8) is 0 Å². The number of aromatic carboxylic acids is 1. The number of aliphatic hydroxyl groups is 1. The summed E-state index contributed by atoms with van der Waals surface area (Å²) in [7, 11) is 1.43. The van der Waals surface area contributed by atoms with Crippen molar-refractivity contribution in [3.8, 4) is 17.1 Å². The Labute approximate surface area is 138 Å². The number of halogens is 4. The molecule has 0 unspecified atom stereocenters. The third-order valence-electron chi connectivity index (χ3n) is 3.30. The summed E-state index contributed by atoms with van der Waals surface area (Å²) in [5.74, 6) is -3.53. The fourth-order valence-corrected chi connectivity index (χ4v) is 1.92. The number of benzene rings is 1. The standard InChI is InChI=1S/C14H13F4N3O4/c1-6(14(16,17)18)25-10-4-7(9(15)3-8(10)13(23)24)12-19-11(5-22)21(2)20-12/h3-4,6,22H,5H2,1-2H3,(H,23,24)/t6-/m0/s1. The predicted molar refractivity (Wildman–Crippen MR) is 75.4 cm³/mol. The molecule has 0 bridgehead atoms. The van der Waals surface area contributed by atoms with Gasteiger partial charge in [0.15, 0.2) is 17.8 Å². The summed E-state index contributed by atoms with van der Waals surface area (Å²) in [6.07, 6.45) is -7.05. The van der Waals surface area contributed by atoms with Gasteiger partial charge in [0.2, 0.25) is 0 Å². The summed E-state index contributed by atoms with van der Waals surface area (Å²) in [5, 5.41) is 22.0. The maximum absolute atomic E-state index is 14.2. The minimum atomic E-state index is -4.74. The third-order valence-corrected chi connectivity index (χ3v) is 3.30. The molecule has 136 valence electrons. The van der Waals surface area contributed by atoms with Crippen LogP contribution < -0.4 is 4.74 Å². The molecule has 7 nitrogen and oxygen atoms in total. The highest BCUT2D eigenvalue weighted by Crippen LogP contribution is 2.32. The van der Waals surface area contributed by atoms with Crippen molar-refractivity contribution in [2.75, 3.05) is 0 Å². The largest absolute Gasteiger partial charge is 0.480 e. The maximum atomic E-state index is 14.2. The molecule has 1 aromatic carbocycles. The number of hydrogen-bond donors (Lipinski definition) is 2. The molecule has 0 amide bonds. The van der Waals surface area contributed by atoms with Gasteiger partial charge in [0.05, 0.1) is 5.56 Å². The van der Waals surface area contributed by atoms with Crippen molar-refractivity contribution in [1.29, 1.82) is 0 Å². The number of alkyl halides is 3. The van der Waals surface area contributed by atoms with E-state index in [9.17, 15) is 22.4 Å². The molecular weight excluding hydrogens is 350 g/mol. The van der Waals surface area contributed by atoms with Crippen LogP contribution in [0.5, 0.6) is 5.75 Å². The lowest BCUT2D eigenvalue weighted by atomic mass is 10.1. The van der Waals surface area contributed by atoms with Gasteiger partial charge in [-0.25, -0.2) is 14.2 Å². The molecule has 0 aliphatic heterocycles. The fraction of sp³-hybridized carbons (Fsp3) is 0.357. The second-order valence-electron chi connectivity index (χ2n) is 5.07. The Balaban J connectivity index is 2.55. The van der Waals surface area contributed by atoms with Gasteiger partial charge in [-0.3, -0.25) is 4.68 Å². The number of nitrogens with zero attached hydrogens (tertiary/aromatic N) is 3. The van der Waals surface area contributed by atoms with Gasteiger partial charge in [-0.2, -0.15) is 18.3 Å². The zero-order valence-corrected chi connectivity index (χ0v) is 13.0. The summed E-state index contributed by atoms with van der Waals surface area (Å²) in [4.78, 5) is 15.0. The third kappa shape index (κ3) is 3.87. The van der Waals surface area contributed by atoms with E-state index >= 15 is 0 Å². The number of carboxylic acids is 1.